The normalized spacial score (nSPS) is 22.6. The molecule has 0 N–H and O–H groups in total. The molecule has 16 heavy (non-hydrogen) atoms. The Labute approximate surface area is 98.7 Å². The molecular weight excluding hydrogens is 196 g/mol. The Hall–Kier alpha value is -0.890. The van der Waals surface area contributed by atoms with E-state index in [9.17, 15) is 0 Å². The summed E-state index contributed by atoms with van der Waals surface area (Å²) < 4.78 is 0. The van der Waals surface area contributed by atoms with Gasteiger partial charge < -0.3 is 0 Å². The number of piperidine rings is 1. The SMILES string of the molecule is CC(C)CN1CCCC[C@@H]1c1ccncc1. The molecule has 0 saturated carbocycles. The van der Waals surface area contributed by atoms with Crippen molar-refractivity contribution in [3.05, 3.63) is 30.1 Å². The van der Waals surface area contributed by atoms with Gasteiger partial charge in [-0.25, -0.2) is 0 Å². The predicted octanol–water partition coefficient (Wildman–Crippen LogP) is 3.26. The maximum Gasteiger partial charge on any atom is 0.0349 e. The maximum absolute atomic E-state index is 4.11. The van der Waals surface area contributed by atoms with Crippen molar-refractivity contribution >= 4 is 0 Å². The highest BCUT2D eigenvalue weighted by molar-refractivity contribution is 5.15. The molecule has 0 bridgehead atoms. The number of rotatable bonds is 3. The first-order valence-electron chi connectivity index (χ1n) is 6.41. The summed E-state index contributed by atoms with van der Waals surface area (Å²) in [7, 11) is 0. The van der Waals surface area contributed by atoms with Gasteiger partial charge in [0.2, 0.25) is 0 Å². The summed E-state index contributed by atoms with van der Waals surface area (Å²) in [6.07, 6.45) is 7.85. The number of likely N-dealkylation sites (tertiary alicyclic amines) is 1. The van der Waals surface area contributed by atoms with E-state index < -0.39 is 0 Å². The summed E-state index contributed by atoms with van der Waals surface area (Å²) in [4.78, 5) is 6.75. The van der Waals surface area contributed by atoms with Crippen LogP contribution in [0.1, 0.15) is 44.7 Å². The van der Waals surface area contributed by atoms with Gasteiger partial charge in [0.15, 0.2) is 0 Å². The average Bonchev–Trinajstić information content (AvgIpc) is 2.30. The van der Waals surface area contributed by atoms with E-state index >= 15 is 0 Å². The third-order valence-corrected chi connectivity index (χ3v) is 3.30. The molecule has 2 rings (SSSR count). The van der Waals surface area contributed by atoms with E-state index in [4.69, 9.17) is 0 Å². The highest BCUT2D eigenvalue weighted by atomic mass is 15.2. The van der Waals surface area contributed by atoms with Gasteiger partial charge in [-0.15, -0.1) is 0 Å². The van der Waals surface area contributed by atoms with Crippen molar-refractivity contribution in [2.24, 2.45) is 5.92 Å². The second-order valence-electron chi connectivity index (χ2n) is 5.18. The molecule has 88 valence electrons. The van der Waals surface area contributed by atoms with Crippen LogP contribution in [0.4, 0.5) is 0 Å². The van der Waals surface area contributed by atoms with Crippen molar-refractivity contribution in [3.63, 3.8) is 0 Å². The largest absolute Gasteiger partial charge is 0.296 e. The molecular formula is C14H22N2. The number of pyridine rings is 1. The van der Waals surface area contributed by atoms with Crippen molar-refractivity contribution in [3.8, 4) is 0 Å². The number of aromatic nitrogens is 1. The fourth-order valence-corrected chi connectivity index (χ4v) is 2.64. The summed E-state index contributed by atoms with van der Waals surface area (Å²) >= 11 is 0. The molecule has 0 spiro atoms. The smallest absolute Gasteiger partial charge is 0.0349 e. The minimum absolute atomic E-state index is 0.624. The zero-order valence-electron chi connectivity index (χ0n) is 10.4. The minimum atomic E-state index is 0.624. The first-order chi connectivity index (χ1) is 7.77. The van der Waals surface area contributed by atoms with Gasteiger partial charge in [-0.2, -0.15) is 0 Å². The predicted molar refractivity (Wildman–Crippen MR) is 67.2 cm³/mol. The molecule has 0 aliphatic carbocycles. The third-order valence-electron chi connectivity index (χ3n) is 3.30. The average molecular weight is 218 g/mol. The van der Waals surface area contributed by atoms with Crippen molar-refractivity contribution < 1.29 is 0 Å². The maximum atomic E-state index is 4.11. The Bertz CT molecular complexity index is 308. The summed E-state index contributed by atoms with van der Waals surface area (Å²) in [6.45, 7) is 7.08. The number of hydrogen-bond donors (Lipinski definition) is 0. The first kappa shape index (κ1) is 11.6. The molecule has 1 saturated heterocycles. The Kier molecular flexibility index (Phi) is 3.94. The molecule has 1 aliphatic rings. The van der Waals surface area contributed by atoms with Gasteiger partial charge in [-0.1, -0.05) is 20.3 Å². The lowest BCUT2D eigenvalue weighted by Crippen LogP contribution is -2.36. The molecule has 2 heterocycles. The van der Waals surface area contributed by atoms with E-state index in [1.54, 1.807) is 0 Å². The monoisotopic (exact) mass is 218 g/mol. The van der Waals surface area contributed by atoms with E-state index in [1.807, 2.05) is 12.4 Å². The van der Waals surface area contributed by atoms with Crippen molar-refractivity contribution in [2.75, 3.05) is 13.1 Å². The lowest BCUT2D eigenvalue weighted by molar-refractivity contribution is 0.132. The van der Waals surface area contributed by atoms with Crippen molar-refractivity contribution in [1.82, 2.24) is 9.88 Å². The molecule has 1 aromatic rings. The minimum Gasteiger partial charge on any atom is -0.296 e. The fourth-order valence-electron chi connectivity index (χ4n) is 2.64. The van der Waals surface area contributed by atoms with Crippen LogP contribution >= 0.6 is 0 Å². The Morgan fingerprint density at radius 1 is 1.31 bits per heavy atom. The van der Waals surface area contributed by atoms with Crippen LogP contribution in [0.25, 0.3) is 0 Å². The van der Waals surface area contributed by atoms with Gasteiger partial charge in [0, 0.05) is 25.0 Å². The Morgan fingerprint density at radius 2 is 2.06 bits per heavy atom. The van der Waals surface area contributed by atoms with Crippen LogP contribution in [-0.2, 0) is 0 Å². The molecule has 2 heteroatoms. The number of nitrogens with zero attached hydrogens (tertiary/aromatic N) is 2. The summed E-state index contributed by atoms with van der Waals surface area (Å²) in [5, 5.41) is 0. The van der Waals surface area contributed by atoms with Gasteiger partial charge in [0.05, 0.1) is 0 Å². The van der Waals surface area contributed by atoms with Gasteiger partial charge in [0.1, 0.15) is 0 Å². The van der Waals surface area contributed by atoms with Crippen LogP contribution in [-0.4, -0.2) is 23.0 Å². The van der Waals surface area contributed by atoms with E-state index in [1.165, 1.54) is 37.9 Å². The fraction of sp³-hybridized carbons (Fsp3) is 0.643. The second-order valence-corrected chi connectivity index (χ2v) is 5.18. The molecule has 1 atom stereocenters. The van der Waals surface area contributed by atoms with Crippen molar-refractivity contribution in [1.29, 1.82) is 0 Å². The van der Waals surface area contributed by atoms with Gasteiger partial charge in [-0.05, 0) is 43.0 Å². The van der Waals surface area contributed by atoms with Crippen LogP contribution < -0.4 is 0 Å². The highest BCUT2D eigenvalue weighted by Crippen LogP contribution is 2.30. The van der Waals surface area contributed by atoms with E-state index in [0.29, 0.717) is 6.04 Å². The third kappa shape index (κ3) is 2.82. The van der Waals surface area contributed by atoms with Gasteiger partial charge in [0.25, 0.3) is 0 Å². The second kappa shape index (κ2) is 5.44. The lowest BCUT2D eigenvalue weighted by Gasteiger charge is -2.37. The standard InChI is InChI=1S/C14H22N2/c1-12(2)11-16-10-4-3-5-14(16)13-6-8-15-9-7-13/h6-9,12,14H,3-5,10-11H2,1-2H3/t14-/m1/s1. The molecule has 0 aromatic carbocycles. The zero-order valence-corrected chi connectivity index (χ0v) is 10.4. The molecule has 0 amide bonds. The van der Waals surface area contributed by atoms with Crippen molar-refractivity contribution in [2.45, 2.75) is 39.2 Å². The van der Waals surface area contributed by atoms with E-state index in [2.05, 4.69) is 35.9 Å². The van der Waals surface area contributed by atoms with Crippen LogP contribution in [0.5, 0.6) is 0 Å². The summed E-state index contributed by atoms with van der Waals surface area (Å²) in [5.74, 6) is 0.752. The van der Waals surface area contributed by atoms with Crippen LogP contribution in [0, 0.1) is 5.92 Å². The highest BCUT2D eigenvalue weighted by Gasteiger charge is 2.23. The van der Waals surface area contributed by atoms with E-state index in [-0.39, 0.29) is 0 Å². The Balaban J connectivity index is 2.10. The van der Waals surface area contributed by atoms with Gasteiger partial charge >= 0.3 is 0 Å². The number of hydrogen-bond acceptors (Lipinski definition) is 2. The van der Waals surface area contributed by atoms with Crippen LogP contribution in [0.3, 0.4) is 0 Å². The Morgan fingerprint density at radius 3 is 2.75 bits per heavy atom. The molecule has 1 aromatic heterocycles. The van der Waals surface area contributed by atoms with E-state index in [0.717, 1.165) is 5.92 Å². The molecule has 1 aliphatic heterocycles. The lowest BCUT2D eigenvalue weighted by atomic mass is 9.95. The van der Waals surface area contributed by atoms with Gasteiger partial charge in [-0.3, -0.25) is 9.88 Å². The molecule has 1 fully saturated rings. The molecule has 2 nitrogen and oxygen atoms in total. The summed E-state index contributed by atoms with van der Waals surface area (Å²) in [5.41, 5.74) is 1.44. The first-order valence-corrected chi connectivity index (χ1v) is 6.41. The van der Waals surface area contributed by atoms with Crippen LogP contribution in [0.2, 0.25) is 0 Å². The topological polar surface area (TPSA) is 16.1 Å². The quantitative estimate of drug-likeness (QED) is 0.774. The molecule has 0 radical (unpaired) electrons. The van der Waals surface area contributed by atoms with Crippen LogP contribution in [0.15, 0.2) is 24.5 Å². The summed E-state index contributed by atoms with van der Waals surface area (Å²) in [6, 6.07) is 4.96. The molecule has 0 unspecified atom stereocenters. The zero-order chi connectivity index (χ0) is 11.4.